The van der Waals surface area contributed by atoms with Crippen LogP contribution in [0.2, 0.25) is 0 Å². The highest BCUT2D eigenvalue weighted by molar-refractivity contribution is 5.68. The van der Waals surface area contributed by atoms with Crippen LogP contribution in [-0.2, 0) is 4.79 Å². The van der Waals surface area contributed by atoms with E-state index in [9.17, 15) is 18.0 Å². The van der Waals surface area contributed by atoms with Crippen molar-refractivity contribution in [2.24, 2.45) is 5.73 Å². The topological polar surface area (TPSA) is 63.3 Å². The average Bonchev–Trinajstić information content (AvgIpc) is 2.20. The van der Waals surface area contributed by atoms with Crippen LogP contribution < -0.4 is 5.73 Å². The second-order valence-electron chi connectivity index (χ2n) is 3.32. The number of rotatable bonds is 4. The van der Waals surface area contributed by atoms with Gasteiger partial charge in [-0.05, 0) is 18.2 Å². The van der Waals surface area contributed by atoms with Gasteiger partial charge >= 0.3 is 5.97 Å². The Morgan fingerprint density at radius 2 is 2.00 bits per heavy atom. The number of halogens is 3. The SMILES string of the molecule is NCC(CC(=O)O)c1cc(F)cc(F)c1F. The van der Waals surface area contributed by atoms with E-state index in [2.05, 4.69) is 0 Å². The van der Waals surface area contributed by atoms with Crippen LogP contribution in [0.1, 0.15) is 17.9 Å². The lowest BCUT2D eigenvalue weighted by atomic mass is 9.95. The number of carboxylic acids is 1. The molecule has 16 heavy (non-hydrogen) atoms. The number of hydrogen-bond donors (Lipinski definition) is 2. The number of nitrogens with two attached hydrogens (primary N) is 1. The molecule has 0 bridgehead atoms. The molecule has 0 radical (unpaired) electrons. The second-order valence-corrected chi connectivity index (χ2v) is 3.32. The van der Waals surface area contributed by atoms with Crippen molar-refractivity contribution in [3.8, 4) is 0 Å². The van der Waals surface area contributed by atoms with Crippen molar-refractivity contribution in [2.45, 2.75) is 12.3 Å². The molecule has 0 aliphatic carbocycles. The van der Waals surface area contributed by atoms with E-state index in [4.69, 9.17) is 10.8 Å². The minimum Gasteiger partial charge on any atom is -0.481 e. The molecule has 1 unspecified atom stereocenters. The molecule has 0 heterocycles. The summed E-state index contributed by atoms with van der Waals surface area (Å²) in [5, 5.41) is 8.54. The van der Waals surface area contributed by atoms with Crippen molar-refractivity contribution in [3.05, 3.63) is 35.1 Å². The van der Waals surface area contributed by atoms with Gasteiger partial charge in [0.05, 0.1) is 6.42 Å². The van der Waals surface area contributed by atoms with Gasteiger partial charge in [-0.15, -0.1) is 0 Å². The Kier molecular flexibility index (Phi) is 3.89. The van der Waals surface area contributed by atoms with Crippen LogP contribution in [0.15, 0.2) is 12.1 Å². The predicted molar refractivity (Wildman–Crippen MR) is 50.4 cm³/mol. The molecule has 6 heteroatoms. The van der Waals surface area contributed by atoms with Gasteiger partial charge in [-0.1, -0.05) is 0 Å². The zero-order chi connectivity index (χ0) is 12.3. The monoisotopic (exact) mass is 233 g/mol. The Bertz CT molecular complexity index is 409. The smallest absolute Gasteiger partial charge is 0.304 e. The molecule has 0 aromatic heterocycles. The van der Waals surface area contributed by atoms with Crippen molar-refractivity contribution < 1.29 is 23.1 Å². The number of carboxylic acid groups (broad SMARTS) is 1. The molecule has 0 saturated heterocycles. The van der Waals surface area contributed by atoms with Gasteiger partial charge in [0.15, 0.2) is 11.6 Å². The quantitative estimate of drug-likeness (QED) is 0.777. The lowest BCUT2D eigenvalue weighted by Crippen LogP contribution is -2.18. The van der Waals surface area contributed by atoms with Crippen molar-refractivity contribution in [2.75, 3.05) is 6.54 Å². The highest BCUT2D eigenvalue weighted by Gasteiger charge is 2.21. The van der Waals surface area contributed by atoms with Crippen LogP contribution in [0, 0.1) is 17.5 Å². The first kappa shape index (κ1) is 12.5. The summed E-state index contributed by atoms with van der Waals surface area (Å²) < 4.78 is 39.0. The Hall–Kier alpha value is -1.56. The van der Waals surface area contributed by atoms with Crippen molar-refractivity contribution in [1.29, 1.82) is 0 Å². The third-order valence-electron chi connectivity index (χ3n) is 2.17. The molecule has 0 aliphatic heterocycles. The maximum atomic E-state index is 13.3. The number of carbonyl (C=O) groups is 1. The highest BCUT2D eigenvalue weighted by Crippen LogP contribution is 2.24. The maximum absolute atomic E-state index is 13.3. The summed E-state index contributed by atoms with van der Waals surface area (Å²) in [7, 11) is 0. The minimum atomic E-state index is -1.35. The van der Waals surface area contributed by atoms with Gasteiger partial charge in [0.2, 0.25) is 0 Å². The zero-order valence-corrected chi connectivity index (χ0v) is 8.21. The summed E-state index contributed by atoms with van der Waals surface area (Å²) >= 11 is 0. The van der Waals surface area contributed by atoms with Gasteiger partial charge in [-0.25, -0.2) is 13.2 Å². The molecule has 0 spiro atoms. The van der Waals surface area contributed by atoms with E-state index in [1.165, 1.54) is 0 Å². The summed E-state index contributed by atoms with van der Waals surface area (Å²) in [6, 6.07) is 1.16. The summed E-state index contributed by atoms with van der Waals surface area (Å²) in [5.74, 6) is -5.71. The molecule has 3 N–H and O–H groups in total. The average molecular weight is 233 g/mol. The van der Waals surface area contributed by atoms with Crippen molar-refractivity contribution in [3.63, 3.8) is 0 Å². The molecule has 0 amide bonds. The number of benzene rings is 1. The Morgan fingerprint density at radius 1 is 1.38 bits per heavy atom. The Morgan fingerprint density at radius 3 is 2.50 bits per heavy atom. The van der Waals surface area contributed by atoms with E-state index < -0.39 is 35.8 Å². The van der Waals surface area contributed by atoms with E-state index in [0.29, 0.717) is 6.07 Å². The maximum Gasteiger partial charge on any atom is 0.304 e. The van der Waals surface area contributed by atoms with Crippen LogP contribution in [-0.4, -0.2) is 17.6 Å². The lowest BCUT2D eigenvalue weighted by molar-refractivity contribution is -0.137. The Balaban J connectivity index is 3.13. The van der Waals surface area contributed by atoms with Gasteiger partial charge in [0, 0.05) is 12.0 Å². The second kappa shape index (κ2) is 4.98. The molecule has 0 aliphatic rings. The van der Waals surface area contributed by atoms with E-state index in [0.717, 1.165) is 6.07 Å². The van der Waals surface area contributed by atoms with Gasteiger partial charge in [0.1, 0.15) is 5.82 Å². The fraction of sp³-hybridized carbons (Fsp3) is 0.300. The number of hydrogen-bond acceptors (Lipinski definition) is 2. The van der Waals surface area contributed by atoms with Crippen LogP contribution in [0.5, 0.6) is 0 Å². The standard InChI is InChI=1S/C10H10F3NO2/c11-6-2-7(10(13)8(12)3-6)5(4-14)1-9(15)16/h2-3,5H,1,4,14H2,(H,15,16). The van der Waals surface area contributed by atoms with Crippen LogP contribution >= 0.6 is 0 Å². The van der Waals surface area contributed by atoms with E-state index in [1.807, 2.05) is 0 Å². The van der Waals surface area contributed by atoms with Gasteiger partial charge in [-0.2, -0.15) is 0 Å². The molecule has 88 valence electrons. The van der Waals surface area contributed by atoms with Crippen LogP contribution in [0.3, 0.4) is 0 Å². The number of aliphatic carboxylic acids is 1. The van der Waals surface area contributed by atoms with E-state index >= 15 is 0 Å². The third kappa shape index (κ3) is 2.73. The molecule has 0 saturated carbocycles. The van der Waals surface area contributed by atoms with Gasteiger partial charge in [-0.3, -0.25) is 4.79 Å². The van der Waals surface area contributed by atoms with Gasteiger partial charge < -0.3 is 10.8 Å². The summed E-state index contributed by atoms with van der Waals surface area (Å²) in [5.41, 5.74) is 4.90. The zero-order valence-electron chi connectivity index (χ0n) is 8.21. The van der Waals surface area contributed by atoms with E-state index in [1.54, 1.807) is 0 Å². The summed E-state index contributed by atoms with van der Waals surface area (Å²) in [6.45, 7) is -0.202. The summed E-state index contributed by atoms with van der Waals surface area (Å²) in [4.78, 5) is 10.5. The largest absolute Gasteiger partial charge is 0.481 e. The van der Waals surface area contributed by atoms with Crippen LogP contribution in [0.4, 0.5) is 13.2 Å². The minimum absolute atomic E-state index is 0.202. The van der Waals surface area contributed by atoms with Crippen LogP contribution in [0.25, 0.3) is 0 Å². The molecule has 1 aromatic rings. The lowest BCUT2D eigenvalue weighted by Gasteiger charge is -2.14. The first-order valence-corrected chi connectivity index (χ1v) is 4.52. The predicted octanol–water partition coefficient (Wildman–Crippen LogP) is 1.62. The first-order valence-electron chi connectivity index (χ1n) is 4.52. The Labute approximate surface area is 89.7 Å². The first-order chi connectivity index (χ1) is 7.45. The third-order valence-corrected chi connectivity index (χ3v) is 2.17. The molecular formula is C10H10F3NO2. The molecular weight excluding hydrogens is 223 g/mol. The fourth-order valence-corrected chi connectivity index (χ4v) is 1.40. The van der Waals surface area contributed by atoms with Crippen molar-refractivity contribution in [1.82, 2.24) is 0 Å². The van der Waals surface area contributed by atoms with Gasteiger partial charge in [0.25, 0.3) is 0 Å². The summed E-state index contributed by atoms with van der Waals surface area (Å²) in [6.07, 6.45) is -0.476. The molecule has 1 aromatic carbocycles. The molecule has 1 atom stereocenters. The van der Waals surface area contributed by atoms with E-state index in [-0.39, 0.29) is 12.1 Å². The fourth-order valence-electron chi connectivity index (χ4n) is 1.40. The molecule has 0 fully saturated rings. The highest BCUT2D eigenvalue weighted by atomic mass is 19.2. The normalized spacial score (nSPS) is 12.5. The van der Waals surface area contributed by atoms with Crippen molar-refractivity contribution >= 4 is 5.97 Å². The molecule has 1 rings (SSSR count). The molecule has 3 nitrogen and oxygen atoms in total.